The molecule has 0 saturated heterocycles. The highest BCUT2D eigenvalue weighted by Gasteiger charge is 2.46. The molecule has 2 aromatic rings. The lowest BCUT2D eigenvalue weighted by molar-refractivity contribution is -0.163. The third-order valence-corrected chi connectivity index (χ3v) is 5.76. The van der Waals surface area contributed by atoms with E-state index in [1.807, 2.05) is 6.92 Å². The second kappa shape index (κ2) is 11.6. The zero-order chi connectivity index (χ0) is 24.6. The molecule has 0 radical (unpaired) electrons. The third-order valence-electron chi connectivity index (χ3n) is 4.71. The van der Waals surface area contributed by atoms with Crippen LogP contribution in [0.3, 0.4) is 0 Å². The van der Waals surface area contributed by atoms with E-state index >= 15 is 0 Å². The number of aldehydes is 1. The lowest BCUT2D eigenvalue weighted by atomic mass is 9.99. The van der Waals surface area contributed by atoms with Crippen LogP contribution in [0.15, 0.2) is 52.3 Å². The molecule has 0 saturated carbocycles. The van der Waals surface area contributed by atoms with Gasteiger partial charge >= 0.3 is 12.4 Å². The Morgan fingerprint density at radius 3 is 2.30 bits per heavy atom. The van der Waals surface area contributed by atoms with E-state index in [2.05, 4.69) is 5.32 Å². The molecular formula is C23H24F6N2OS. The van der Waals surface area contributed by atoms with Gasteiger partial charge in [0.25, 0.3) is 0 Å². The zero-order valence-electron chi connectivity index (χ0n) is 17.8. The summed E-state index contributed by atoms with van der Waals surface area (Å²) < 4.78 is 82.6. The van der Waals surface area contributed by atoms with Gasteiger partial charge in [0, 0.05) is 21.5 Å². The molecule has 0 bridgehead atoms. The standard InChI is InChI=1S/C23H24F6N2OS/c1-2-5-16(11-12-30)31-17-7-3-8-18(14-17)33-19-10-9-15(6-4-13-32)20(22(24,25)26)21(19)23(27,28)29/h3-4,6-10,13-14,16,31H,2,5,11-12,30H2,1H3/b6-4+. The van der Waals surface area contributed by atoms with E-state index in [0.717, 1.165) is 37.1 Å². The van der Waals surface area contributed by atoms with Crippen LogP contribution < -0.4 is 11.1 Å². The fraction of sp³-hybridized carbons (Fsp3) is 0.348. The van der Waals surface area contributed by atoms with Gasteiger partial charge in [0.1, 0.15) is 6.29 Å². The molecule has 1 unspecified atom stereocenters. The Morgan fingerprint density at radius 1 is 1.03 bits per heavy atom. The first-order valence-electron chi connectivity index (χ1n) is 10.2. The maximum absolute atomic E-state index is 13.8. The van der Waals surface area contributed by atoms with Crippen molar-refractivity contribution in [1.82, 2.24) is 0 Å². The maximum Gasteiger partial charge on any atom is 0.418 e. The molecular weight excluding hydrogens is 466 g/mol. The number of alkyl halides is 6. The van der Waals surface area contributed by atoms with Gasteiger partial charge in [-0.2, -0.15) is 26.3 Å². The van der Waals surface area contributed by atoms with Gasteiger partial charge in [-0.15, -0.1) is 0 Å². The minimum absolute atomic E-state index is 0.0757. The molecule has 0 amide bonds. The first kappa shape index (κ1) is 26.8. The Labute approximate surface area is 192 Å². The SMILES string of the molecule is CCCC(CCN)Nc1cccc(Sc2ccc(/C=C/C=O)c(C(F)(F)F)c2C(F)(F)F)c1. The molecule has 0 aliphatic rings. The Hall–Kier alpha value is -2.46. The number of hydrogen-bond donors (Lipinski definition) is 2. The monoisotopic (exact) mass is 490 g/mol. The molecule has 33 heavy (non-hydrogen) atoms. The smallest absolute Gasteiger partial charge is 0.382 e. The number of anilines is 1. The summed E-state index contributed by atoms with van der Waals surface area (Å²) in [6.07, 6.45) is -6.44. The summed E-state index contributed by atoms with van der Waals surface area (Å²) >= 11 is 0.594. The van der Waals surface area contributed by atoms with Gasteiger partial charge in [0.2, 0.25) is 0 Å². The number of benzene rings is 2. The van der Waals surface area contributed by atoms with Crippen molar-refractivity contribution in [3.63, 3.8) is 0 Å². The van der Waals surface area contributed by atoms with Gasteiger partial charge in [0.15, 0.2) is 0 Å². The molecule has 0 spiro atoms. The fourth-order valence-electron chi connectivity index (χ4n) is 3.40. The molecule has 2 rings (SSSR count). The fourth-order valence-corrected chi connectivity index (χ4v) is 4.45. The van der Waals surface area contributed by atoms with Crippen molar-refractivity contribution in [3.8, 4) is 0 Å². The number of nitrogens with one attached hydrogen (secondary N) is 1. The molecule has 3 N–H and O–H groups in total. The summed E-state index contributed by atoms with van der Waals surface area (Å²) in [4.78, 5) is 10.3. The first-order valence-corrected chi connectivity index (χ1v) is 11.0. The average Bonchev–Trinajstić information content (AvgIpc) is 2.71. The topological polar surface area (TPSA) is 55.1 Å². The largest absolute Gasteiger partial charge is 0.418 e. The molecule has 0 fully saturated rings. The zero-order valence-corrected chi connectivity index (χ0v) is 18.6. The molecule has 0 aliphatic carbocycles. The highest BCUT2D eigenvalue weighted by molar-refractivity contribution is 7.99. The van der Waals surface area contributed by atoms with Crippen LogP contribution >= 0.6 is 11.8 Å². The second-order valence-corrected chi connectivity index (χ2v) is 8.35. The predicted octanol–water partition coefficient (Wildman–Crippen LogP) is 7.02. The van der Waals surface area contributed by atoms with E-state index in [1.54, 1.807) is 18.2 Å². The number of carbonyl (C=O) groups is 1. The van der Waals surface area contributed by atoms with Crippen LogP contribution in [-0.4, -0.2) is 18.9 Å². The molecule has 3 nitrogen and oxygen atoms in total. The Morgan fingerprint density at radius 2 is 1.73 bits per heavy atom. The van der Waals surface area contributed by atoms with Gasteiger partial charge in [-0.05, 0) is 55.3 Å². The molecule has 0 heterocycles. The number of halogens is 6. The highest BCUT2D eigenvalue weighted by atomic mass is 32.2. The molecule has 180 valence electrons. The molecule has 0 aromatic heterocycles. The molecule has 2 aromatic carbocycles. The number of hydrogen-bond acceptors (Lipinski definition) is 4. The number of rotatable bonds is 10. The first-order chi connectivity index (χ1) is 15.5. The van der Waals surface area contributed by atoms with Crippen LogP contribution in [0.1, 0.15) is 42.9 Å². The van der Waals surface area contributed by atoms with Crippen molar-refractivity contribution in [2.24, 2.45) is 5.73 Å². The van der Waals surface area contributed by atoms with Crippen LogP contribution in [0.4, 0.5) is 32.0 Å². The maximum atomic E-state index is 13.8. The minimum Gasteiger partial charge on any atom is -0.382 e. The lowest BCUT2D eigenvalue weighted by Gasteiger charge is -2.22. The Kier molecular flexibility index (Phi) is 9.42. The van der Waals surface area contributed by atoms with E-state index < -0.39 is 33.9 Å². The average molecular weight is 491 g/mol. The van der Waals surface area contributed by atoms with Gasteiger partial charge in [0.05, 0.1) is 11.1 Å². The van der Waals surface area contributed by atoms with Crippen LogP contribution in [-0.2, 0) is 17.1 Å². The quantitative estimate of drug-likeness (QED) is 0.214. The van der Waals surface area contributed by atoms with E-state index in [9.17, 15) is 31.1 Å². The lowest BCUT2D eigenvalue weighted by Crippen LogP contribution is -2.22. The number of allylic oxidation sites excluding steroid dienone is 1. The van der Waals surface area contributed by atoms with Crippen LogP contribution in [0, 0.1) is 0 Å². The molecule has 1 atom stereocenters. The number of carbonyl (C=O) groups excluding carboxylic acids is 1. The number of nitrogens with two attached hydrogens (primary N) is 1. The van der Waals surface area contributed by atoms with Gasteiger partial charge in [-0.1, -0.05) is 43.3 Å². The van der Waals surface area contributed by atoms with Crippen LogP contribution in [0.2, 0.25) is 0 Å². The minimum atomic E-state index is -5.27. The summed E-state index contributed by atoms with van der Waals surface area (Å²) in [5.74, 6) is 0. The highest BCUT2D eigenvalue weighted by Crippen LogP contribution is 2.48. The van der Waals surface area contributed by atoms with E-state index in [-0.39, 0.29) is 12.3 Å². The van der Waals surface area contributed by atoms with Crippen LogP contribution in [0.5, 0.6) is 0 Å². The van der Waals surface area contributed by atoms with Crippen molar-refractivity contribution >= 4 is 29.8 Å². The Balaban J connectivity index is 2.51. The summed E-state index contributed by atoms with van der Waals surface area (Å²) in [6.45, 7) is 2.48. The normalized spacial score (nSPS) is 13.3. The van der Waals surface area contributed by atoms with Crippen molar-refractivity contribution in [3.05, 3.63) is 59.2 Å². The second-order valence-electron chi connectivity index (χ2n) is 7.23. The van der Waals surface area contributed by atoms with E-state index in [1.165, 1.54) is 6.07 Å². The predicted molar refractivity (Wildman–Crippen MR) is 118 cm³/mol. The third kappa shape index (κ3) is 7.53. The van der Waals surface area contributed by atoms with Crippen molar-refractivity contribution in [1.29, 1.82) is 0 Å². The van der Waals surface area contributed by atoms with Crippen molar-refractivity contribution in [2.75, 3.05) is 11.9 Å². The summed E-state index contributed by atoms with van der Waals surface area (Å²) in [6, 6.07) is 8.48. The van der Waals surface area contributed by atoms with E-state index in [4.69, 9.17) is 5.73 Å². The Bertz CT molecular complexity index is 966. The van der Waals surface area contributed by atoms with Gasteiger partial charge < -0.3 is 11.1 Å². The van der Waals surface area contributed by atoms with Crippen molar-refractivity contribution < 1.29 is 31.1 Å². The van der Waals surface area contributed by atoms with Crippen LogP contribution in [0.25, 0.3) is 6.08 Å². The summed E-state index contributed by atoms with van der Waals surface area (Å²) in [7, 11) is 0. The molecule has 0 aliphatic heterocycles. The van der Waals surface area contributed by atoms with E-state index in [0.29, 0.717) is 35.3 Å². The summed E-state index contributed by atoms with van der Waals surface area (Å²) in [5, 5.41) is 3.28. The van der Waals surface area contributed by atoms with Gasteiger partial charge in [-0.25, -0.2) is 0 Å². The molecule has 10 heteroatoms. The van der Waals surface area contributed by atoms with Gasteiger partial charge in [-0.3, -0.25) is 4.79 Å². The summed E-state index contributed by atoms with van der Waals surface area (Å²) in [5.41, 5.74) is 1.94. The van der Waals surface area contributed by atoms with Crippen molar-refractivity contribution in [2.45, 2.75) is 54.4 Å².